The molecular weight excluding hydrogens is 246 g/mol. The van der Waals surface area contributed by atoms with Crippen molar-refractivity contribution in [2.45, 2.75) is 32.0 Å². The standard InChI is InChI=1S/C13H17N3OS/c1-4-7-16-12(11-6-8-17-10(11)3)14-15-13(16)18-9-5-2/h4,6,8H,1,5,7,9H2,2-3H3. The molecule has 0 unspecified atom stereocenters. The highest BCUT2D eigenvalue weighted by Gasteiger charge is 2.16. The third-order valence-corrected chi connectivity index (χ3v) is 3.74. The van der Waals surface area contributed by atoms with E-state index in [2.05, 4.69) is 28.3 Å². The van der Waals surface area contributed by atoms with Crippen LogP contribution < -0.4 is 0 Å². The van der Waals surface area contributed by atoms with Crippen LogP contribution in [0, 0.1) is 6.92 Å². The molecule has 2 heterocycles. The molecular formula is C13H17N3OS. The van der Waals surface area contributed by atoms with Gasteiger partial charge in [0.25, 0.3) is 0 Å². The molecule has 96 valence electrons. The minimum absolute atomic E-state index is 0.707. The lowest BCUT2D eigenvalue weighted by molar-refractivity contribution is 0.534. The lowest BCUT2D eigenvalue weighted by atomic mass is 10.2. The molecule has 5 heteroatoms. The average molecular weight is 263 g/mol. The first kappa shape index (κ1) is 13.0. The van der Waals surface area contributed by atoms with E-state index >= 15 is 0 Å². The second-order valence-corrected chi connectivity index (χ2v) is 5.01. The molecule has 2 rings (SSSR count). The van der Waals surface area contributed by atoms with Gasteiger partial charge >= 0.3 is 0 Å². The maximum absolute atomic E-state index is 5.33. The zero-order valence-electron chi connectivity index (χ0n) is 10.7. The molecule has 2 aromatic rings. The number of furan rings is 1. The molecule has 0 bridgehead atoms. The molecule has 0 saturated carbocycles. The fourth-order valence-electron chi connectivity index (χ4n) is 1.70. The number of nitrogens with zero attached hydrogens (tertiary/aromatic N) is 3. The third kappa shape index (κ3) is 2.51. The Labute approximate surface area is 111 Å². The number of hydrogen-bond donors (Lipinski definition) is 0. The molecule has 2 aromatic heterocycles. The van der Waals surface area contributed by atoms with Gasteiger partial charge in [-0.1, -0.05) is 24.8 Å². The SMILES string of the molecule is C=CCn1c(SCCC)nnc1-c1ccoc1C. The van der Waals surface area contributed by atoms with Gasteiger partial charge in [-0.25, -0.2) is 0 Å². The topological polar surface area (TPSA) is 43.9 Å². The maximum Gasteiger partial charge on any atom is 0.191 e. The van der Waals surface area contributed by atoms with Crippen molar-refractivity contribution >= 4 is 11.8 Å². The van der Waals surface area contributed by atoms with Crippen LogP contribution in [-0.4, -0.2) is 20.5 Å². The van der Waals surface area contributed by atoms with Gasteiger partial charge in [0, 0.05) is 12.3 Å². The molecule has 0 aliphatic heterocycles. The maximum atomic E-state index is 5.33. The zero-order chi connectivity index (χ0) is 13.0. The molecule has 0 spiro atoms. The number of allylic oxidation sites excluding steroid dienone is 1. The first-order chi connectivity index (χ1) is 8.77. The van der Waals surface area contributed by atoms with Crippen molar-refractivity contribution in [3.63, 3.8) is 0 Å². The van der Waals surface area contributed by atoms with E-state index < -0.39 is 0 Å². The first-order valence-electron chi connectivity index (χ1n) is 5.99. The summed E-state index contributed by atoms with van der Waals surface area (Å²) in [4.78, 5) is 0. The number of aromatic nitrogens is 3. The van der Waals surface area contributed by atoms with Crippen LogP contribution in [0.3, 0.4) is 0 Å². The Balaban J connectivity index is 2.38. The minimum Gasteiger partial charge on any atom is -0.469 e. The highest BCUT2D eigenvalue weighted by atomic mass is 32.2. The van der Waals surface area contributed by atoms with Crippen molar-refractivity contribution < 1.29 is 4.42 Å². The van der Waals surface area contributed by atoms with E-state index in [-0.39, 0.29) is 0 Å². The minimum atomic E-state index is 0.707. The summed E-state index contributed by atoms with van der Waals surface area (Å²) in [6.45, 7) is 8.59. The summed E-state index contributed by atoms with van der Waals surface area (Å²) in [6.07, 6.45) is 4.65. The molecule has 0 radical (unpaired) electrons. The number of aryl methyl sites for hydroxylation is 1. The summed E-state index contributed by atoms with van der Waals surface area (Å²) in [7, 11) is 0. The zero-order valence-corrected chi connectivity index (χ0v) is 11.5. The fraction of sp³-hybridized carbons (Fsp3) is 0.385. The average Bonchev–Trinajstić information content (AvgIpc) is 2.94. The van der Waals surface area contributed by atoms with Gasteiger partial charge in [-0.3, -0.25) is 4.57 Å². The lowest BCUT2D eigenvalue weighted by Gasteiger charge is -2.06. The van der Waals surface area contributed by atoms with Crippen LogP contribution >= 0.6 is 11.8 Å². The van der Waals surface area contributed by atoms with Crippen molar-refractivity contribution in [1.82, 2.24) is 14.8 Å². The molecule has 4 nitrogen and oxygen atoms in total. The summed E-state index contributed by atoms with van der Waals surface area (Å²) in [5.74, 6) is 2.75. The summed E-state index contributed by atoms with van der Waals surface area (Å²) in [5, 5.41) is 9.47. The van der Waals surface area contributed by atoms with Crippen molar-refractivity contribution in [3.8, 4) is 11.4 Å². The van der Waals surface area contributed by atoms with Gasteiger partial charge in [0.1, 0.15) is 5.76 Å². The van der Waals surface area contributed by atoms with Gasteiger partial charge in [0.15, 0.2) is 11.0 Å². The second-order valence-electron chi connectivity index (χ2n) is 3.94. The molecule has 0 amide bonds. The van der Waals surface area contributed by atoms with Gasteiger partial charge in [-0.15, -0.1) is 16.8 Å². The third-order valence-electron chi connectivity index (χ3n) is 2.56. The van der Waals surface area contributed by atoms with Crippen molar-refractivity contribution in [1.29, 1.82) is 0 Å². The lowest BCUT2D eigenvalue weighted by Crippen LogP contribution is -2.00. The van der Waals surface area contributed by atoms with Crippen LogP contribution in [0.25, 0.3) is 11.4 Å². The van der Waals surface area contributed by atoms with Gasteiger partial charge in [0.2, 0.25) is 0 Å². The summed E-state index contributed by atoms with van der Waals surface area (Å²) in [6, 6.07) is 1.92. The second kappa shape index (κ2) is 5.91. The van der Waals surface area contributed by atoms with Crippen LogP contribution in [0.4, 0.5) is 0 Å². The van der Waals surface area contributed by atoms with Crippen LogP contribution in [-0.2, 0) is 6.54 Å². The van der Waals surface area contributed by atoms with Crippen molar-refractivity contribution in [3.05, 3.63) is 30.7 Å². The largest absolute Gasteiger partial charge is 0.469 e. The predicted octanol–water partition coefficient (Wildman–Crippen LogP) is 3.53. The Morgan fingerprint density at radius 1 is 1.50 bits per heavy atom. The Morgan fingerprint density at radius 3 is 2.94 bits per heavy atom. The summed E-state index contributed by atoms with van der Waals surface area (Å²) in [5.41, 5.74) is 0.993. The van der Waals surface area contributed by atoms with E-state index in [0.29, 0.717) is 6.54 Å². The molecule has 0 aromatic carbocycles. The highest BCUT2D eigenvalue weighted by Crippen LogP contribution is 2.27. The molecule has 0 atom stereocenters. The quantitative estimate of drug-likeness (QED) is 0.590. The molecule has 0 aliphatic carbocycles. The van der Waals surface area contributed by atoms with Crippen molar-refractivity contribution in [2.75, 3.05) is 5.75 Å². The molecule has 0 fully saturated rings. The number of thioether (sulfide) groups is 1. The molecule has 18 heavy (non-hydrogen) atoms. The van der Waals surface area contributed by atoms with Crippen LogP contribution in [0.5, 0.6) is 0 Å². The predicted molar refractivity (Wildman–Crippen MR) is 73.7 cm³/mol. The van der Waals surface area contributed by atoms with Crippen LogP contribution in [0.1, 0.15) is 19.1 Å². The van der Waals surface area contributed by atoms with Crippen LogP contribution in [0.15, 0.2) is 34.6 Å². The number of rotatable bonds is 6. The van der Waals surface area contributed by atoms with Gasteiger partial charge in [0.05, 0.1) is 11.8 Å². The van der Waals surface area contributed by atoms with E-state index in [4.69, 9.17) is 4.42 Å². The normalized spacial score (nSPS) is 10.8. The van der Waals surface area contributed by atoms with Crippen LogP contribution in [0.2, 0.25) is 0 Å². The Bertz CT molecular complexity index is 530. The molecule has 0 saturated heterocycles. The van der Waals surface area contributed by atoms with Gasteiger partial charge in [-0.05, 0) is 19.4 Å². The van der Waals surface area contributed by atoms with E-state index in [9.17, 15) is 0 Å². The summed E-state index contributed by atoms with van der Waals surface area (Å²) < 4.78 is 7.40. The van der Waals surface area contributed by atoms with Crippen molar-refractivity contribution in [2.24, 2.45) is 0 Å². The Kier molecular flexibility index (Phi) is 4.25. The van der Waals surface area contributed by atoms with Gasteiger partial charge < -0.3 is 4.42 Å². The monoisotopic (exact) mass is 263 g/mol. The van der Waals surface area contributed by atoms with E-state index in [1.54, 1.807) is 18.0 Å². The van der Waals surface area contributed by atoms with Gasteiger partial charge in [-0.2, -0.15) is 0 Å². The van der Waals surface area contributed by atoms with E-state index in [1.807, 2.05) is 19.1 Å². The van der Waals surface area contributed by atoms with E-state index in [1.165, 1.54) is 0 Å². The first-order valence-corrected chi connectivity index (χ1v) is 6.97. The summed E-state index contributed by atoms with van der Waals surface area (Å²) >= 11 is 1.72. The Morgan fingerprint density at radius 2 is 2.33 bits per heavy atom. The Hall–Kier alpha value is -1.49. The molecule has 0 aliphatic rings. The smallest absolute Gasteiger partial charge is 0.191 e. The molecule has 0 N–H and O–H groups in total. The van der Waals surface area contributed by atoms with E-state index in [0.717, 1.165) is 34.5 Å². The highest BCUT2D eigenvalue weighted by molar-refractivity contribution is 7.99. The fourth-order valence-corrected chi connectivity index (χ4v) is 2.50. The number of hydrogen-bond acceptors (Lipinski definition) is 4.